The monoisotopic (exact) mass is 326 g/mol. The molecular formula is C12H11ClN4O3S. The molecule has 1 heterocycles. The summed E-state index contributed by atoms with van der Waals surface area (Å²) >= 11 is 7.11. The molecule has 0 spiro atoms. The maximum absolute atomic E-state index is 12.1. The Labute approximate surface area is 128 Å². The van der Waals surface area contributed by atoms with Crippen LogP contribution in [0.3, 0.4) is 0 Å². The van der Waals surface area contributed by atoms with Crippen LogP contribution in [0, 0.1) is 10.1 Å². The van der Waals surface area contributed by atoms with Crippen LogP contribution in [-0.4, -0.2) is 22.4 Å². The molecule has 2 rings (SSSR count). The Morgan fingerprint density at radius 2 is 2.29 bits per heavy atom. The number of hydrogen-bond donors (Lipinski definition) is 2. The highest BCUT2D eigenvalue weighted by Crippen LogP contribution is 2.28. The fourth-order valence-electron chi connectivity index (χ4n) is 1.61. The van der Waals surface area contributed by atoms with Crippen LogP contribution >= 0.6 is 22.9 Å². The minimum Gasteiger partial charge on any atom is -0.330 e. The van der Waals surface area contributed by atoms with E-state index in [1.165, 1.54) is 29.5 Å². The first-order valence-electron chi connectivity index (χ1n) is 5.91. The molecule has 0 atom stereocenters. The van der Waals surface area contributed by atoms with Crippen LogP contribution in [0.15, 0.2) is 23.6 Å². The van der Waals surface area contributed by atoms with E-state index in [9.17, 15) is 14.9 Å². The highest BCUT2D eigenvalue weighted by molar-refractivity contribution is 7.09. The van der Waals surface area contributed by atoms with Crippen molar-refractivity contribution in [3.8, 4) is 0 Å². The first kappa shape index (κ1) is 15.4. The van der Waals surface area contributed by atoms with E-state index in [1.807, 2.05) is 0 Å². The minimum atomic E-state index is -0.590. The number of benzene rings is 1. The van der Waals surface area contributed by atoms with E-state index in [-0.39, 0.29) is 22.1 Å². The maximum atomic E-state index is 12.1. The van der Waals surface area contributed by atoms with Crippen LogP contribution in [0.5, 0.6) is 0 Å². The van der Waals surface area contributed by atoms with Gasteiger partial charge in [-0.25, -0.2) is 4.98 Å². The van der Waals surface area contributed by atoms with Crippen molar-refractivity contribution in [3.05, 3.63) is 49.4 Å². The van der Waals surface area contributed by atoms with Crippen LogP contribution in [0.25, 0.3) is 0 Å². The Morgan fingerprint density at radius 3 is 2.95 bits per heavy atom. The normalized spacial score (nSPS) is 10.4. The number of nitro benzene ring substituents is 1. The number of nitrogens with zero attached hydrogens (tertiary/aromatic N) is 2. The van der Waals surface area contributed by atoms with E-state index >= 15 is 0 Å². The van der Waals surface area contributed by atoms with Crippen LogP contribution in [0.4, 0.5) is 11.4 Å². The summed E-state index contributed by atoms with van der Waals surface area (Å²) in [6, 6.07) is 3.95. The lowest BCUT2D eigenvalue weighted by Crippen LogP contribution is -2.14. The summed E-state index contributed by atoms with van der Waals surface area (Å²) in [7, 11) is 0. The molecule has 1 aromatic carbocycles. The van der Waals surface area contributed by atoms with Crippen molar-refractivity contribution >= 4 is 40.2 Å². The number of halogens is 1. The Hall–Kier alpha value is -2.03. The average Bonchev–Trinajstić information content (AvgIpc) is 2.87. The van der Waals surface area contributed by atoms with Crippen molar-refractivity contribution in [2.75, 3.05) is 11.9 Å². The van der Waals surface area contributed by atoms with Crippen LogP contribution in [0.2, 0.25) is 5.02 Å². The lowest BCUT2D eigenvalue weighted by Gasteiger charge is -2.04. The Bertz CT molecular complexity index is 689. The Morgan fingerprint density at radius 1 is 1.52 bits per heavy atom. The number of carbonyl (C=O) groups is 1. The number of nitrogens with two attached hydrogens (primary N) is 1. The molecule has 110 valence electrons. The van der Waals surface area contributed by atoms with Gasteiger partial charge in [0.05, 0.1) is 9.93 Å². The molecule has 1 amide bonds. The second-order valence-electron chi connectivity index (χ2n) is 4.04. The molecule has 2 aromatic rings. The first-order valence-corrected chi connectivity index (χ1v) is 7.17. The van der Waals surface area contributed by atoms with E-state index in [2.05, 4.69) is 10.3 Å². The standard InChI is InChI=1S/C12H11ClN4O3S/c13-7-1-2-10(17(19)20)8(5-7)16-12(18)9-6-21-11(15-9)3-4-14/h1-2,5-6H,3-4,14H2,(H,16,18). The average molecular weight is 327 g/mol. The molecule has 21 heavy (non-hydrogen) atoms. The number of rotatable bonds is 5. The number of thiazole rings is 1. The molecule has 0 saturated heterocycles. The molecule has 3 N–H and O–H groups in total. The van der Waals surface area contributed by atoms with Crippen LogP contribution in [0.1, 0.15) is 15.5 Å². The number of nitrogens with one attached hydrogen (secondary N) is 1. The summed E-state index contributed by atoms with van der Waals surface area (Å²) in [6.45, 7) is 0.439. The van der Waals surface area contributed by atoms with E-state index < -0.39 is 10.8 Å². The second-order valence-corrected chi connectivity index (χ2v) is 5.42. The molecule has 0 unspecified atom stereocenters. The molecule has 0 fully saturated rings. The fraction of sp³-hybridized carbons (Fsp3) is 0.167. The maximum Gasteiger partial charge on any atom is 0.292 e. The molecule has 1 aromatic heterocycles. The molecule has 0 saturated carbocycles. The van der Waals surface area contributed by atoms with Gasteiger partial charge in [-0.15, -0.1) is 11.3 Å². The number of anilines is 1. The van der Waals surface area contributed by atoms with Gasteiger partial charge in [-0.3, -0.25) is 14.9 Å². The van der Waals surface area contributed by atoms with E-state index in [4.69, 9.17) is 17.3 Å². The minimum absolute atomic E-state index is 0.0332. The van der Waals surface area contributed by atoms with Gasteiger partial charge in [0, 0.05) is 22.9 Å². The Balaban J connectivity index is 2.22. The second kappa shape index (κ2) is 6.61. The molecule has 7 nitrogen and oxygen atoms in total. The van der Waals surface area contributed by atoms with Crippen LogP contribution in [-0.2, 0) is 6.42 Å². The topological polar surface area (TPSA) is 111 Å². The van der Waals surface area contributed by atoms with Crippen molar-refractivity contribution in [1.29, 1.82) is 0 Å². The Kier molecular flexibility index (Phi) is 4.84. The number of nitro groups is 1. The molecular weight excluding hydrogens is 316 g/mol. The molecule has 0 radical (unpaired) electrons. The molecule has 0 bridgehead atoms. The van der Waals surface area contributed by atoms with Gasteiger partial charge in [-0.05, 0) is 18.7 Å². The van der Waals surface area contributed by atoms with E-state index in [0.717, 1.165) is 5.01 Å². The van der Waals surface area contributed by atoms with Crippen molar-refractivity contribution in [2.45, 2.75) is 6.42 Å². The zero-order valence-corrected chi connectivity index (χ0v) is 12.3. The van der Waals surface area contributed by atoms with Gasteiger partial charge in [-0.1, -0.05) is 11.6 Å². The summed E-state index contributed by atoms with van der Waals surface area (Å²) in [5.74, 6) is -0.528. The number of amides is 1. The lowest BCUT2D eigenvalue weighted by molar-refractivity contribution is -0.383. The van der Waals surface area contributed by atoms with Gasteiger partial charge in [0.1, 0.15) is 11.4 Å². The number of aromatic nitrogens is 1. The summed E-state index contributed by atoms with van der Waals surface area (Å²) in [6.07, 6.45) is 0.579. The number of carbonyl (C=O) groups excluding carboxylic acids is 1. The van der Waals surface area contributed by atoms with Gasteiger partial charge in [0.2, 0.25) is 0 Å². The van der Waals surface area contributed by atoms with Gasteiger partial charge in [0.25, 0.3) is 11.6 Å². The smallest absolute Gasteiger partial charge is 0.292 e. The zero-order valence-electron chi connectivity index (χ0n) is 10.7. The van der Waals surface area contributed by atoms with Crippen LogP contribution < -0.4 is 11.1 Å². The van der Waals surface area contributed by atoms with Gasteiger partial charge in [0.15, 0.2) is 0 Å². The SMILES string of the molecule is NCCc1nc(C(=O)Nc2cc(Cl)ccc2[N+](=O)[O-])cs1. The summed E-state index contributed by atoms with van der Waals surface area (Å²) in [5.41, 5.74) is 5.41. The molecule has 0 aliphatic rings. The number of hydrogen-bond acceptors (Lipinski definition) is 6. The van der Waals surface area contributed by atoms with Gasteiger partial charge < -0.3 is 11.1 Å². The molecule has 0 aliphatic heterocycles. The van der Waals surface area contributed by atoms with Gasteiger partial charge >= 0.3 is 0 Å². The quantitative estimate of drug-likeness (QED) is 0.647. The predicted octanol–water partition coefficient (Wildman–Crippen LogP) is 2.46. The third-order valence-electron chi connectivity index (χ3n) is 2.55. The third kappa shape index (κ3) is 3.75. The summed E-state index contributed by atoms with van der Waals surface area (Å²) < 4.78 is 0. The van der Waals surface area contributed by atoms with Crippen molar-refractivity contribution < 1.29 is 9.72 Å². The van der Waals surface area contributed by atoms with Crippen molar-refractivity contribution in [2.24, 2.45) is 5.73 Å². The van der Waals surface area contributed by atoms with Gasteiger partial charge in [-0.2, -0.15) is 0 Å². The molecule has 9 heteroatoms. The van der Waals surface area contributed by atoms with Crippen molar-refractivity contribution in [3.63, 3.8) is 0 Å². The highest BCUT2D eigenvalue weighted by Gasteiger charge is 2.18. The van der Waals surface area contributed by atoms with E-state index in [1.54, 1.807) is 5.38 Å². The fourth-order valence-corrected chi connectivity index (χ4v) is 2.57. The van der Waals surface area contributed by atoms with E-state index in [0.29, 0.717) is 13.0 Å². The lowest BCUT2D eigenvalue weighted by atomic mass is 10.2. The largest absolute Gasteiger partial charge is 0.330 e. The summed E-state index contributed by atoms with van der Waals surface area (Å²) in [5, 5.41) is 16.0. The third-order valence-corrected chi connectivity index (χ3v) is 3.69. The molecule has 0 aliphatic carbocycles. The first-order chi connectivity index (χ1) is 10.0. The highest BCUT2D eigenvalue weighted by atomic mass is 35.5. The zero-order chi connectivity index (χ0) is 15.4. The summed E-state index contributed by atoms with van der Waals surface area (Å²) in [4.78, 5) is 26.5. The van der Waals surface area contributed by atoms with Crippen molar-refractivity contribution in [1.82, 2.24) is 4.98 Å². The predicted molar refractivity (Wildman–Crippen MR) is 80.9 cm³/mol.